The van der Waals surface area contributed by atoms with Crippen molar-refractivity contribution in [3.8, 4) is 16.6 Å². The van der Waals surface area contributed by atoms with Gasteiger partial charge in [-0.1, -0.05) is 30.3 Å². The molecule has 1 heterocycles. The molecule has 0 saturated carbocycles. The van der Waals surface area contributed by atoms with Gasteiger partial charge < -0.3 is 5.11 Å². The molecule has 4 heteroatoms. The van der Waals surface area contributed by atoms with Gasteiger partial charge in [0.1, 0.15) is 0 Å². The Labute approximate surface area is 73.5 Å². The van der Waals surface area contributed by atoms with Crippen LogP contribution in [-0.2, 0) is 0 Å². The Balaban J connectivity index is 2.45. The van der Waals surface area contributed by atoms with Gasteiger partial charge in [-0.3, -0.25) is 0 Å². The Morgan fingerprint density at radius 3 is 2.50 bits per heavy atom. The molecule has 2 rings (SSSR count). The summed E-state index contributed by atoms with van der Waals surface area (Å²) in [5.74, 6) is 0.582. The molecule has 2 aromatic rings. The molecule has 0 saturated heterocycles. The molecule has 60 valence electrons. The molecule has 0 spiro atoms. The smallest absolute Gasteiger partial charge is 0.291 e. The molecule has 1 N–H and O–H groups in total. The van der Waals surface area contributed by atoms with Crippen LogP contribution in [0.2, 0.25) is 0 Å². The monoisotopic (exact) mass is 178 g/mol. The number of rotatable bonds is 1. The van der Waals surface area contributed by atoms with Gasteiger partial charge in [-0.15, -0.1) is 0 Å². The van der Waals surface area contributed by atoms with E-state index in [1.165, 1.54) is 0 Å². The third-order valence-electron chi connectivity index (χ3n) is 1.45. The molecule has 0 radical (unpaired) electrons. The van der Waals surface area contributed by atoms with Gasteiger partial charge in [-0.25, -0.2) is 0 Å². The summed E-state index contributed by atoms with van der Waals surface area (Å²) < 4.78 is 3.97. The first-order chi connectivity index (χ1) is 5.86. The van der Waals surface area contributed by atoms with Crippen LogP contribution in [0.25, 0.3) is 11.4 Å². The molecule has 12 heavy (non-hydrogen) atoms. The van der Waals surface area contributed by atoms with E-state index in [-0.39, 0.29) is 5.19 Å². The number of hydrogen-bond donors (Lipinski definition) is 1. The lowest BCUT2D eigenvalue weighted by Crippen LogP contribution is -1.77. The third-order valence-corrected chi connectivity index (χ3v) is 1.97. The predicted molar refractivity (Wildman–Crippen MR) is 47.0 cm³/mol. The van der Waals surface area contributed by atoms with Crippen molar-refractivity contribution in [3.05, 3.63) is 30.3 Å². The summed E-state index contributed by atoms with van der Waals surface area (Å²) in [7, 11) is 0. The number of nitrogens with zero attached hydrogens (tertiary/aromatic N) is 2. The maximum Gasteiger partial charge on any atom is 0.291 e. The predicted octanol–water partition coefficient (Wildman–Crippen LogP) is 1.91. The highest BCUT2D eigenvalue weighted by Gasteiger charge is 2.02. The van der Waals surface area contributed by atoms with E-state index in [1.54, 1.807) is 0 Å². The zero-order valence-electron chi connectivity index (χ0n) is 6.14. The molecule has 1 aromatic carbocycles. The van der Waals surface area contributed by atoms with Crippen LogP contribution in [-0.4, -0.2) is 14.5 Å². The maximum absolute atomic E-state index is 8.96. The Kier molecular flexibility index (Phi) is 1.75. The van der Waals surface area contributed by atoms with Gasteiger partial charge in [0.2, 0.25) is 0 Å². The van der Waals surface area contributed by atoms with Gasteiger partial charge in [0, 0.05) is 17.1 Å². The fraction of sp³-hybridized carbons (Fsp3) is 0. The van der Waals surface area contributed by atoms with E-state index in [1.807, 2.05) is 30.3 Å². The van der Waals surface area contributed by atoms with Crippen LogP contribution in [0.3, 0.4) is 0 Å². The third kappa shape index (κ3) is 1.29. The van der Waals surface area contributed by atoms with E-state index >= 15 is 0 Å². The van der Waals surface area contributed by atoms with E-state index in [0.717, 1.165) is 17.1 Å². The van der Waals surface area contributed by atoms with Crippen LogP contribution in [0.15, 0.2) is 30.3 Å². The minimum Gasteiger partial charge on any atom is -0.485 e. The number of aromatic nitrogens is 2. The van der Waals surface area contributed by atoms with Crippen molar-refractivity contribution in [3.63, 3.8) is 0 Å². The number of benzene rings is 1. The highest BCUT2D eigenvalue weighted by molar-refractivity contribution is 7.07. The van der Waals surface area contributed by atoms with Crippen molar-refractivity contribution < 1.29 is 5.11 Å². The van der Waals surface area contributed by atoms with E-state index in [0.29, 0.717) is 5.82 Å². The van der Waals surface area contributed by atoms with E-state index < -0.39 is 0 Å². The lowest BCUT2D eigenvalue weighted by molar-refractivity contribution is 0.471. The molecular weight excluding hydrogens is 172 g/mol. The molecule has 0 bridgehead atoms. The Morgan fingerprint density at radius 2 is 1.92 bits per heavy atom. The van der Waals surface area contributed by atoms with Crippen LogP contribution in [0, 0.1) is 0 Å². The first kappa shape index (κ1) is 7.24. The molecule has 0 aliphatic rings. The molecule has 0 aliphatic carbocycles. The van der Waals surface area contributed by atoms with Crippen LogP contribution in [0.5, 0.6) is 5.19 Å². The van der Waals surface area contributed by atoms with Crippen LogP contribution in [0.1, 0.15) is 0 Å². The lowest BCUT2D eigenvalue weighted by atomic mass is 10.2. The van der Waals surface area contributed by atoms with Crippen LogP contribution >= 0.6 is 11.5 Å². The summed E-state index contributed by atoms with van der Waals surface area (Å²) in [6.07, 6.45) is 0. The molecule has 0 unspecified atom stereocenters. The largest absolute Gasteiger partial charge is 0.485 e. The minimum absolute atomic E-state index is 0.00820. The zero-order chi connectivity index (χ0) is 8.39. The van der Waals surface area contributed by atoms with E-state index in [4.69, 9.17) is 5.11 Å². The Morgan fingerprint density at radius 1 is 1.17 bits per heavy atom. The summed E-state index contributed by atoms with van der Waals surface area (Å²) in [4.78, 5) is 3.84. The van der Waals surface area contributed by atoms with Crippen molar-refractivity contribution in [1.29, 1.82) is 0 Å². The quantitative estimate of drug-likeness (QED) is 0.725. The van der Waals surface area contributed by atoms with Crippen molar-refractivity contribution in [2.45, 2.75) is 0 Å². The van der Waals surface area contributed by atoms with Crippen molar-refractivity contribution in [2.24, 2.45) is 0 Å². The van der Waals surface area contributed by atoms with Crippen molar-refractivity contribution >= 4 is 11.5 Å². The zero-order valence-corrected chi connectivity index (χ0v) is 6.95. The summed E-state index contributed by atoms with van der Waals surface area (Å²) >= 11 is 0.994. The van der Waals surface area contributed by atoms with Gasteiger partial charge in [-0.05, 0) is 0 Å². The van der Waals surface area contributed by atoms with Gasteiger partial charge in [0.15, 0.2) is 5.82 Å². The second kappa shape index (κ2) is 2.91. The number of aromatic hydroxyl groups is 1. The lowest BCUT2D eigenvalue weighted by Gasteiger charge is -1.90. The average molecular weight is 178 g/mol. The van der Waals surface area contributed by atoms with E-state index in [9.17, 15) is 0 Å². The summed E-state index contributed by atoms with van der Waals surface area (Å²) in [6.45, 7) is 0. The first-order valence-electron chi connectivity index (χ1n) is 3.44. The number of hydrogen-bond acceptors (Lipinski definition) is 4. The van der Waals surface area contributed by atoms with Crippen LogP contribution in [0.4, 0.5) is 0 Å². The van der Waals surface area contributed by atoms with Crippen molar-refractivity contribution in [1.82, 2.24) is 9.36 Å². The average Bonchev–Trinajstić information content (AvgIpc) is 2.54. The summed E-state index contributed by atoms with van der Waals surface area (Å²) in [5.41, 5.74) is 0.925. The fourth-order valence-electron chi connectivity index (χ4n) is 0.920. The first-order valence-corrected chi connectivity index (χ1v) is 4.22. The molecular formula is C8H6N2OS. The van der Waals surface area contributed by atoms with Gasteiger partial charge in [0.05, 0.1) is 0 Å². The van der Waals surface area contributed by atoms with Crippen LogP contribution < -0.4 is 0 Å². The van der Waals surface area contributed by atoms with Gasteiger partial charge in [0.25, 0.3) is 5.19 Å². The second-order valence-electron chi connectivity index (χ2n) is 2.27. The fourth-order valence-corrected chi connectivity index (χ4v) is 1.36. The molecule has 0 fully saturated rings. The second-order valence-corrected chi connectivity index (χ2v) is 3.00. The Bertz CT molecular complexity index is 372. The van der Waals surface area contributed by atoms with Gasteiger partial charge in [-0.2, -0.15) is 9.36 Å². The normalized spacial score (nSPS) is 10.0. The SMILES string of the molecule is Oc1nc(-c2ccccc2)ns1. The van der Waals surface area contributed by atoms with Gasteiger partial charge >= 0.3 is 0 Å². The van der Waals surface area contributed by atoms with E-state index in [2.05, 4.69) is 9.36 Å². The highest BCUT2D eigenvalue weighted by Crippen LogP contribution is 2.20. The summed E-state index contributed by atoms with van der Waals surface area (Å²) in [6, 6.07) is 9.56. The highest BCUT2D eigenvalue weighted by atomic mass is 32.1. The molecule has 0 atom stereocenters. The minimum atomic E-state index is 0.00820. The maximum atomic E-state index is 8.96. The van der Waals surface area contributed by atoms with Crippen molar-refractivity contribution in [2.75, 3.05) is 0 Å². The summed E-state index contributed by atoms with van der Waals surface area (Å²) in [5, 5.41) is 8.97. The molecule has 3 nitrogen and oxygen atoms in total. The molecule has 0 aliphatic heterocycles. The molecule has 0 amide bonds. The standard InChI is InChI=1S/C8H6N2OS/c11-8-9-7(10-12-8)6-4-2-1-3-5-6/h1-5H,(H,9,10,11). The molecule has 1 aromatic heterocycles. The topological polar surface area (TPSA) is 46.0 Å². The Hall–Kier alpha value is -1.42.